The highest BCUT2D eigenvalue weighted by Crippen LogP contribution is 2.63. The Morgan fingerprint density at radius 2 is 1.33 bits per heavy atom. The van der Waals surface area contributed by atoms with Gasteiger partial charge < -0.3 is 14.2 Å². The van der Waals surface area contributed by atoms with E-state index in [-0.39, 0.29) is 37.2 Å². The standard InChI is InChI=1S/C18H21F3O6/c1-10(2)13(23)26-16-5-12-4-15(7-16,25-11(3)22)8-17(6-12,9-16)27-14(24)18(19,20)21/h12H,1,4-9H2,2-3H3. The molecule has 4 unspecified atom stereocenters. The largest absolute Gasteiger partial charge is 0.490 e. The zero-order chi connectivity index (χ0) is 20.3. The van der Waals surface area contributed by atoms with E-state index < -0.39 is 40.9 Å². The minimum atomic E-state index is -5.14. The molecule has 0 aromatic carbocycles. The SMILES string of the molecule is C=C(C)C(=O)OC12CC3CC(OC(C)=O)(C1)CC(OC(=O)C(F)(F)F)(C3)C2. The Balaban J connectivity index is 1.96. The molecule has 0 amide bonds. The number of ether oxygens (including phenoxy) is 3. The van der Waals surface area contributed by atoms with E-state index in [1.54, 1.807) is 0 Å². The lowest BCUT2D eigenvalue weighted by molar-refractivity contribution is -0.281. The maximum absolute atomic E-state index is 12.8. The molecule has 0 aromatic rings. The monoisotopic (exact) mass is 390 g/mol. The first-order chi connectivity index (χ1) is 12.3. The van der Waals surface area contributed by atoms with Crippen molar-refractivity contribution in [1.29, 1.82) is 0 Å². The van der Waals surface area contributed by atoms with Gasteiger partial charge in [-0.15, -0.1) is 0 Å². The van der Waals surface area contributed by atoms with Crippen molar-refractivity contribution < 1.29 is 41.8 Å². The molecule has 4 rings (SSSR count). The zero-order valence-corrected chi connectivity index (χ0v) is 15.1. The number of rotatable bonds is 4. The molecule has 0 N–H and O–H groups in total. The molecule has 0 aliphatic heterocycles. The summed E-state index contributed by atoms with van der Waals surface area (Å²) in [5.41, 5.74) is -3.62. The number of hydrogen-bond donors (Lipinski definition) is 0. The Labute approximate surface area is 154 Å². The number of alkyl halides is 3. The van der Waals surface area contributed by atoms with Gasteiger partial charge in [-0.2, -0.15) is 13.2 Å². The smallest absolute Gasteiger partial charge is 0.459 e. The Morgan fingerprint density at radius 1 is 0.889 bits per heavy atom. The van der Waals surface area contributed by atoms with E-state index in [4.69, 9.17) is 14.2 Å². The van der Waals surface area contributed by atoms with Crippen LogP contribution >= 0.6 is 0 Å². The van der Waals surface area contributed by atoms with E-state index in [9.17, 15) is 27.6 Å². The van der Waals surface area contributed by atoms with E-state index in [1.807, 2.05) is 0 Å². The van der Waals surface area contributed by atoms with E-state index in [0.717, 1.165) is 0 Å². The average molecular weight is 390 g/mol. The Morgan fingerprint density at radius 3 is 1.74 bits per heavy atom. The minimum absolute atomic E-state index is 0.0374. The first-order valence-corrected chi connectivity index (χ1v) is 8.66. The van der Waals surface area contributed by atoms with Crippen molar-refractivity contribution >= 4 is 17.9 Å². The molecule has 4 aliphatic rings. The summed E-state index contributed by atoms with van der Waals surface area (Å²) in [4.78, 5) is 35.3. The van der Waals surface area contributed by atoms with Crippen LogP contribution in [0.15, 0.2) is 12.2 Å². The van der Waals surface area contributed by atoms with Crippen LogP contribution in [0.4, 0.5) is 13.2 Å². The summed E-state index contributed by atoms with van der Waals surface area (Å²) >= 11 is 0. The van der Waals surface area contributed by atoms with Gasteiger partial charge in [-0.1, -0.05) is 6.58 Å². The fourth-order valence-electron chi connectivity index (χ4n) is 5.36. The first kappa shape index (κ1) is 19.7. The van der Waals surface area contributed by atoms with Crippen LogP contribution in [-0.4, -0.2) is 40.9 Å². The number of carbonyl (C=O) groups is 3. The van der Waals surface area contributed by atoms with Crippen molar-refractivity contribution in [1.82, 2.24) is 0 Å². The van der Waals surface area contributed by atoms with Gasteiger partial charge in [0.05, 0.1) is 0 Å². The third-order valence-corrected chi connectivity index (χ3v) is 5.47. The normalized spacial score (nSPS) is 36.9. The van der Waals surface area contributed by atoms with E-state index in [0.29, 0.717) is 12.8 Å². The summed E-state index contributed by atoms with van der Waals surface area (Å²) in [6, 6.07) is 0. The van der Waals surface area contributed by atoms with Crippen LogP contribution < -0.4 is 0 Å². The number of carbonyl (C=O) groups excluding carboxylic acids is 3. The van der Waals surface area contributed by atoms with Gasteiger partial charge in [-0.25, -0.2) is 9.59 Å². The molecule has 27 heavy (non-hydrogen) atoms. The summed E-state index contributed by atoms with van der Waals surface area (Å²) in [6.45, 7) is 6.19. The molecule has 4 saturated carbocycles. The molecular weight excluding hydrogens is 369 g/mol. The van der Waals surface area contributed by atoms with Crippen molar-refractivity contribution in [2.75, 3.05) is 0 Å². The van der Waals surface area contributed by atoms with Crippen LogP contribution in [0.3, 0.4) is 0 Å². The first-order valence-electron chi connectivity index (χ1n) is 8.66. The molecule has 150 valence electrons. The predicted octanol–water partition coefficient (Wildman–Crippen LogP) is 2.99. The van der Waals surface area contributed by atoms with Crippen molar-refractivity contribution in [3.63, 3.8) is 0 Å². The summed E-state index contributed by atoms with van der Waals surface area (Å²) < 4.78 is 54.4. The van der Waals surface area contributed by atoms with Gasteiger partial charge in [0.25, 0.3) is 0 Å². The molecule has 4 atom stereocenters. The van der Waals surface area contributed by atoms with Gasteiger partial charge >= 0.3 is 24.1 Å². The second-order valence-electron chi connectivity index (χ2n) is 8.21. The predicted molar refractivity (Wildman–Crippen MR) is 84.2 cm³/mol. The van der Waals surface area contributed by atoms with Gasteiger partial charge in [0.1, 0.15) is 16.8 Å². The molecule has 0 aromatic heterocycles. The quantitative estimate of drug-likeness (QED) is 0.417. The fraction of sp³-hybridized carbons (Fsp3) is 0.722. The van der Waals surface area contributed by atoms with Gasteiger partial charge in [-0.05, 0) is 32.1 Å². The van der Waals surface area contributed by atoms with Gasteiger partial charge in [0, 0.05) is 31.8 Å². The van der Waals surface area contributed by atoms with E-state index >= 15 is 0 Å². The lowest BCUT2D eigenvalue weighted by Crippen LogP contribution is -2.69. The number of halogens is 3. The molecule has 0 spiro atoms. The van der Waals surface area contributed by atoms with Crippen LogP contribution in [0.2, 0.25) is 0 Å². The molecule has 0 saturated heterocycles. The van der Waals surface area contributed by atoms with Crippen LogP contribution in [-0.2, 0) is 28.6 Å². The molecule has 9 heteroatoms. The highest BCUT2D eigenvalue weighted by molar-refractivity contribution is 5.87. The van der Waals surface area contributed by atoms with E-state index in [2.05, 4.69) is 6.58 Å². The maximum atomic E-state index is 12.8. The molecular formula is C18H21F3O6. The summed E-state index contributed by atoms with van der Waals surface area (Å²) in [5.74, 6) is -3.74. The van der Waals surface area contributed by atoms with Gasteiger partial charge in [0.15, 0.2) is 0 Å². The fourth-order valence-corrected chi connectivity index (χ4v) is 5.36. The Hall–Kier alpha value is -2.06. The second kappa shape index (κ2) is 5.97. The molecule has 6 nitrogen and oxygen atoms in total. The van der Waals surface area contributed by atoms with Crippen molar-refractivity contribution in [2.45, 2.75) is 75.4 Å². The Bertz CT molecular complexity index is 716. The summed E-state index contributed by atoms with van der Waals surface area (Å²) in [6.07, 6.45) is -4.00. The minimum Gasteiger partial charge on any atom is -0.459 e. The molecule has 4 aliphatic carbocycles. The summed E-state index contributed by atoms with van der Waals surface area (Å²) in [5, 5.41) is 0. The van der Waals surface area contributed by atoms with Crippen LogP contribution in [0.25, 0.3) is 0 Å². The molecule has 0 heterocycles. The molecule has 4 fully saturated rings. The lowest BCUT2D eigenvalue weighted by atomic mass is 9.50. The Kier molecular flexibility index (Phi) is 4.35. The zero-order valence-electron chi connectivity index (χ0n) is 15.1. The number of esters is 3. The highest BCUT2D eigenvalue weighted by atomic mass is 19.4. The van der Waals surface area contributed by atoms with Crippen molar-refractivity contribution in [2.24, 2.45) is 5.92 Å². The van der Waals surface area contributed by atoms with Crippen LogP contribution in [0.1, 0.15) is 52.4 Å². The molecule has 4 bridgehead atoms. The maximum Gasteiger partial charge on any atom is 0.490 e. The highest BCUT2D eigenvalue weighted by Gasteiger charge is 2.69. The third-order valence-electron chi connectivity index (χ3n) is 5.47. The number of hydrogen-bond acceptors (Lipinski definition) is 6. The average Bonchev–Trinajstić information content (AvgIpc) is 2.41. The second-order valence-corrected chi connectivity index (χ2v) is 8.21. The third kappa shape index (κ3) is 3.68. The van der Waals surface area contributed by atoms with Gasteiger partial charge in [0.2, 0.25) is 0 Å². The van der Waals surface area contributed by atoms with Crippen molar-refractivity contribution in [3.8, 4) is 0 Å². The van der Waals surface area contributed by atoms with E-state index in [1.165, 1.54) is 13.8 Å². The van der Waals surface area contributed by atoms with Crippen molar-refractivity contribution in [3.05, 3.63) is 12.2 Å². The summed E-state index contributed by atoms with van der Waals surface area (Å²) in [7, 11) is 0. The van der Waals surface area contributed by atoms with Crippen LogP contribution in [0, 0.1) is 5.92 Å². The topological polar surface area (TPSA) is 78.9 Å². The van der Waals surface area contributed by atoms with Crippen LogP contribution in [0.5, 0.6) is 0 Å². The lowest BCUT2D eigenvalue weighted by Gasteiger charge is -2.63. The molecule has 0 radical (unpaired) electrons. The van der Waals surface area contributed by atoms with Gasteiger partial charge in [-0.3, -0.25) is 4.79 Å².